The molecule has 3 heteroatoms. The fraction of sp³-hybridized carbons (Fsp3) is 1.00. The Kier molecular flexibility index (Phi) is 4.43. The van der Waals surface area contributed by atoms with E-state index < -0.39 is 0 Å². The highest BCUT2D eigenvalue weighted by molar-refractivity contribution is 7.99. The number of hydrogen-bond acceptors (Lipinski definition) is 3. The van der Waals surface area contributed by atoms with Gasteiger partial charge in [-0.2, -0.15) is 11.8 Å². The minimum Gasteiger partial charge on any atom is -0.374 e. The first kappa shape index (κ1) is 13.7. The number of ether oxygens (including phenoxy) is 1. The molecule has 17 heavy (non-hydrogen) atoms. The largest absolute Gasteiger partial charge is 0.374 e. The normalized spacial score (nSPS) is 34.4. The summed E-state index contributed by atoms with van der Waals surface area (Å²) in [4.78, 5) is 0. The average Bonchev–Trinajstić information content (AvgIpc) is 2.64. The van der Waals surface area contributed by atoms with Crippen LogP contribution in [0.25, 0.3) is 0 Å². The van der Waals surface area contributed by atoms with Crippen molar-refractivity contribution < 1.29 is 4.74 Å². The van der Waals surface area contributed by atoms with Gasteiger partial charge in [0.2, 0.25) is 0 Å². The Morgan fingerprint density at radius 1 is 1.41 bits per heavy atom. The maximum absolute atomic E-state index is 6.06. The third-order valence-electron chi connectivity index (χ3n) is 3.87. The van der Waals surface area contributed by atoms with E-state index in [1.54, 1.807) is 0 Å². The Morgan fingerprint density at radius 3 is 2.88 bits per heavy atom. The quantitative estimate of drug-likeness (QED) is 0.839. The number of hydrogen-bond donors (Lipinski definition) is 1. The number of thioether (sulfide) groups is 1. The molecule has 2 heterocycles. The lowest BCUT2D eigenvalue weighted by Gasteiger charge is -2.38. The van der Waals surface area contributed by atoms with E-state index in [2.05, 4.69) is 37.8 Å². The summed E-state index contributed by atoms with van der Waals surface area (Å²) in [6.45, 7) is 8.86. The zero-order valence-corrected chi connectivity index (χ0v) is 12.4. The third-order valence-corrected chi connectivity index (χ3v) is 5.09. The first-order valence-corrected chi connectivity index (χ1v) is 8.11. The molecule has 2 rings (SSSR count). The Labute approximate surface area is 110 Å². The van der Waals surface area contributed by atoms with Crippen LogP contribution < -0.4 is 5.32 Å². The summed E-state index contributed by atoms with van der Waals surface area (Å²) in [6, 6.07) is 0. The van der Waals surface area contributed by atoms with Crippen LogP contribution in [0.2, 0.25) is 0 Å². The van der Waals surface area contributed by atoms with Crippen molar-refractivity contribution in [2.24, 2.45) is 5.92 Å². The third kappa shape index (κ3) is 4.15. The van der Waals surface area contributed by atoms with Crippen LogP contribution in [0.3, 0.4) is 0 Å². The van der Waals surface area contributed by atoms with Gasteiger partial charge in [-0.1, -0.05) is 0 Å². The maximum Gasteiger partial charge on any atom is 0.0783 e. The lowest BCUT2D eigenvalue weighted by atomic mass is 9.83. The summed E-state index contributed by atoms with van der Waals surface area (Å²) < 4.78 is 6.06. The van der Waals surface area contributed by atoms with E-state index in [1.807, 2.05) is 0 Å². The molecule has 100 valence electrons. The van der Waals surface area contributed by atoms with Crippen LogP contribution in [0.4, 0.5) is 0 Å². The van der Waals surface area contributed by atoms with Gasteiger partial charge in [0, 0.05) is 17.9 Å². The molecule has 1 spiro atoms. The van der Waals surface area contributed by atoms with Gasteiger partial charge in [0.05, 0.1) is 5.60 Å². The molecular weight excluding hydrogens is 230 g/mol. The molecule has 0 aliphatic carbocycles. The van der Waals surface area contributed by atoms with Crippen LogP contribution in [-0.4, -0.2) is 35.8 Å². The van der Waals surface area contributed by atoms with Crippen LogP contribution in [0.5, 0.6) is 0 Å². The molecule has 0 bridgehead atoms. The van der Waals surface area contributed by atoms with Gasteiger partial charge in [-0.25, -0.2) is 0 Å². The zero-order chi connectivity index (χ0) is 12.4. The molecule has 2 aliphatic heterocycles. The van der Waals surface area contributed by atoms with Crippen molar-refractivity contribution >= 4 is 11.8 Å². The topological polar surface area (TPSA) is 21.3 Å². The molecule has 2 saturated heterocycles. The minimum atomic E-state index is 0.256. The highest BCUT2D eigenvalue weighted by atomic mass is 32.2. The molecule has 0 aromatic heterocycles. The van der Waals surface area contributed by atoms with E-state index in [0.717, 1.165) is 19.1 Å². The Bertz CT molecular complexity index is 243. The fourth-order valence-corrected chi connectivity index (χ4v) is 4.27. The van der Waals surface area contributed by atoms with Gasteiger partial charge in [-0.3, -0.25) is 0 Å². The standard InChI is InChI=1S/C14H27NOS/c1-13(2,3)15-7-4-12-5-8-16-14(10-12)6-9-17-11-14/h12,15H,4-11H2,1-3H3. The van der Waals surface area contributed by atoms with Crippen molar-refractivity contribution in [2.45, 2.75) is 57.6 Å². The van der Waals surface area contributed by atoms with Crippen molar-refractivity contribution in [1.29, 1.82) is 0 Å². The fourth-order valence-electron chi connectivity index (χ4n) is 2.89. The van der Waals surface area contributed by atoms with Crippen LogP contribution in [-0.2, 0) is 4.74 Å². The van der Waals surface area contributed by atoms with E-state index in [0.29, 0.717) is 0 Å². The number of nitrogens with one attached hydrogen (secondary N) is 1. The van der Waals surface area contributed by atoms with Crippen LogP contribution in [0.1, 0.15) is 46.5 Å². The summed E-state index contributed by atoms with van der Waals surface area (Å²) in [5.41, 5.74) is 0.515. The summed E-state index contributed by atoms with van der Waals surface area (Å²) in [6.07, 6.45) is 5.15. The van der Waals surface area contributed by atoms with Gasteiger partial charge in [0.1, 0.15) is 0 Å². The molecule has 0 saturated carbocycles. The van der Waals surface area contributed by atoms with Crippen molar-refractivity contribution in [3.05, 3.63) is 0 Å². The zero-order valence-electron chi connectivity index (χ0n) is 11.6. The monoisotopic (exact) mass is 257 g/mol. The van der Waals surface area contributed by atoms with E-state index in [9.17, 15) is 0 Å². The lowest BCUT2D eigenvalue weighted by Crippen LogP contribution is -2.42. The SMILES string of the molecule is CC(C)(C)NCCC1CCOC2(CCSC2)C1. The smallest absolute Gasteiger partial charge is 0.0783 e. The van der Waals surface area contributed by atoms with Crippen molar-refractivity contribution in [2.75, 3.05) is 24.7 Å². The van der Waals surface area contributed by atoms with Gasteiger partial charge in [-0.15, -0.1) is 0 Å². The molecule has 1 N–H and O–H groups in total. The molecule has 2 nitrogen and oxygen atoms in total. The van der Waals surface area contributed by atoms with Crippen LogP contribution in [0, 0.1) is 5.92 Å². The minimum absolute atomic E-state index is 0.256. The summed E-state index contributed by atoms with van der Waals surface area (Å²) in [5, 5.41) is 3.60. The Morgan fingerprint density at radius 2 is 2.24 bits per heavy atom. The lowest BCUT2D eigenvalue weighted by molar-refractivity contribution is -0.0804. The molecule has 0 aromatic rings. The van der Waals surface area contributed by atoms with Gasteiger partial charge < -0.3 is 10.1 Å². The molecule has 2 fully saturated rings. The predicted octanol–water partition coefficient (Wildman–Crippen LogP) is 3.07. The molecule has 2 aliphatic rings. The highest BCUT2D eigenvalue weighted by Gasteiger charge is 2.40. The van der Waals surface area contributed by atoms with Crippen molar-refractivity contribution in [1.82, 2.24) is 5.32 Å². The van der Waals surface area contributed by atoms with Gasteiger partial charge in [0.25, 0.3) is 0 Å². The highest BCUT2D eigenvalue weighted by Crippen LogP contribution is 2.41. The molecule has 0 radical (unpaired) electrons. The van der Waals surface area contributed by atoms with Crippen molar-refractivity contribution in [3.8, 4) is 0 Å². The van der Waals surface area contributed by atoms with E-state index in [4.69, 9.17) is 4.74 Å². The first-order valence-electron chi connectivity index (χ1n) is 6.96. The van der Waals surface area contributed by atoms with Crippen LogP contribution >= 0.6 is 11.8 Å². The summed E-state index contributed by atoms with van der Waals surface area (Å²) >= 11 is 2.07. The van der Waals surface area contributed by atoms with Crippen LogP contribution in [0.15, 0.2) is 0 Å². The van der Waals surface area contributed by atoms with Gasteiger partial charge in [0.15, 0.2) is 0 Å². The second kappa shape index (κ2) is 5.50. The average molecular weight is 257 g/mol. The Hall–Kier alpha value is 0.270. The number of rotatable bonds is 3. The van der Waals surface area contributed by atoms with Gasteiger partial charge in [-0.05, 0) is 64.7 Å². The Balaban J connectivity index is 1.74. The van der Waals surface area contributed by atoms with Crippen molar-refractivity contribution in [3.63, 3.8) is 0 Å². The maximum atomic E-state index is 6.06. The van der Waals surface area contributed by atoms with E-state index in [-0.39, 0.29) is 11.1 Å². The predicted molar refractivity (Wildman–Crippen MR) is 75.7 cm³/mol. The molecule has 2 atom stereocenters. The second-order valence-electron chi connectivity index (χ2n) is 6.66. The molecule has 0 aromatic carbocycles. The first-order chi connectivity index (χ1) is 7.99. The summed E-state index contributed by atoms with van der Waals surface area (Å²) in [7, 11) is 0. The molecule has 2 unspecified atom stereocenters. The van der Waals surface area contributed by atoms with Gasteiger partial charge >= 0.3 is 0 Å². The van der Waals surface area contributed by atoms with E-state index >= 15 is 0 Å². The molecular formula is C14H27NOS. The summed E-state index contributed by atoms with van der Waals surface area (Å²) in [5.74, 6) is 3.40. The second-order valence-corrected chi connectivity index (χ2v) is 7.76. The van der Waals surface area contributed by atoms with E-state index in [1.165, 1.54) is 37.2 Å². The molecule has 0 amide bonds.